The number of nitrogens with two attached hydrogens (primary N) is 1. The van der Waals surface area contributed by atoms with Gasteiger partial charge in [0.1, 0.15) is 11.5 Å². The molecule has 0 saturated heterocycles. The van der Waals surface area contributed by atoms with Crippen molar-refractivity contribution < 1.29 is 4.74 Å². The Morgan fingerprint density at radius 2 is 1.78 bits per heavy atom. The second-order valence-corrected chi connectivity index (χ2v) is 4.52. The van der Waals surface area contributed by atoms with Gasteiger partial charge in [-0.25, -0.2) is 0 Å². The Kier molecular flexibility index (Phi) is 4.24. The summed E-state index contributed by atoms with van der Waals surface area (Å²) in [7, 11) is 0. The van der Waals surface area contributed by atoms with Gasteiger partial charge in [-0.05, 0) is 36.2 Å². The summed E-state index contributed by atoms with van der Waals surface area (Å²) < 4.78 is 5.70. The highest BCUT2D eigenvalue weighted by molar-refractivity contribution is 6.32. The van der Waals surface area contributed by atoms with E-state index in [1.165, 1.54) is 0 Å². The molecule has 2 N–H and O–H groups in total. The molecule has 18 heavy (non-hydrogen) atoms. The van der Waals surface area contributed by atoms with E-state index in [1.807, 2.05) is 42.5 Å². The summed E-state index contributed by atoms with van der Waals surface area (Å²) in [6, 6.07) is 15.3. The summed E-state index contributed by atoms with van der Waals surface area (Å²) in [5, 5.41) is 0.604. The molecule has 2 aromatic rings. The quantitative estimate of drug-likeness (QED) is 0.877. The maximum Gasteiger partial charge on any atom is 0.146 e. The van der Waals surface area contributed by atoms with Crippen molar-refractivity contribution in [1.29, 1.82) is 0 Å². The Bertz CT molecular complexity index is 510. The molecule has 0 aliphatic heterocycles. The van der Waals surface area contributed by atoms with E-state index in [9.17, 15) is 0 Å². The molecule has 0 unspecified atom stereocenters. The van der Waals surface area contributed by atoms with Gasteiger partial charge in [0.05, 0.1) is 5.02 Å². The molecule has 94 valence electrons. The number of halogens is 1. The van der Waals surface area contributed by atoms with Crippen LogP contribution in [0.15, 0.2) is 48.5 Å². The van der Waals surface area contributed by atoms with Gasteiger partial charge in [0.15, 0.2) is 0 Å². The fraction of sp³-hybridized carbons (Fsp3) is 0.200. The van der Waals surface area contributed by atoms with Crippen molar-refractivity contribution in [2.75, 3.05) is 0 Å². The fourth-order valence-corrected chi connectivity index (χ4v) is 1.85. The predicted molar refractivity (Wildman–Crippen MR) is 75.2 cm³/mol. The van der Waals surface area contributed by atoms with Crippen LogP contribution in [0.25, 0.3) is 0 Å². The third-order valence-electron chi connectivity index (χ3n) is 2.81. The van der Waals surface area contributed by atoms with Gasteiger partial charge in [-0.15, -0.1) is 0 Å². The molecule has 0 radical (unpaired) electrons. The summed E-state index contributed by atoms with van der Waals surface area (Å²) in [4.78, 5) is 0. The largest absolute Gasteiger partial charge is 0.456 e. The van der Waals surface area contributed by atoms with Gasteiger partial charge in [-0.3, -0.25) is 0 Å². The second kappa shape index (κ2) is 5.89. The molecule has 0 spiro atoms. The average molecular weight is 262 g/mol. The van der Waals surface area contributed by atoms with Crippen molar-refractivity contribution in [1.82, 2.24) is 0 Å². The summed E-state index contributed by atoms with van der Waals surface area (Å²) >= 11 is 6.03. The molecule has 0 fully saturated rings. The summed E-state index contributed by atoms with van der Waals surface area (Å²) in [6.07, 6.45) is 0.921. The lowest BCUT2D eigenvalue weighted by Gasteiger charge is -2.11. The van der Waals surface area contributed by atoms with Crippen molar-refractivity contribution >= 4 is 11.6 Å². The zero-order valence-electron chi connectivity index (χ0n) is 10.3. The third-order valence-corrected chi connectivity index (χ3v) is 3.12. The van der Waals surface area contributed by atoms with Crippen molar-refractivity contribution in [3.63, 3.8) is 0 Å². The molecule has 0 aromatic heterocycles. The minimum Gasteiger partial charge on any atom is -0.456 e. The molecule has 3 heteroatoms. The molecule has 0 aliphatic carbocycles. The van der Waals surface area contributed by atoms with E-state index in [-0.39, 0.29) is 6.04 Å². The standard InChI is InChI=1S/C15H16ClNO/c1-2-14(17)11-7-9-12(10-8-11)18-15-6-4-3-5-13(15)16/h3-10,14H,2,17H2,1H3/t14-/m0/s1. The molecule has 0 saturated carbocycles. The van der Waals surface area contributed by atoms with Gasteiger partial charge in [0.2, 0.25) is 0 Å². The first-order valence-corrected chi connectivity index (χ1v) is 6.36. The highest BCUT2D eigenvalue weighted by Gasteiger charge is 2.05. The minimum atomic E-state index is 0.0827. The molecule has 0 aliphatic rings. The Morgan fingerprint density at radius 3 is 2.39 bits per heavy atom. The SMILES string of the molecule is CC[C@H](N)c1ccc(Oc2ccccc2Cl)cc1. The third kappa shape index (κ3) is 3.03. The molecule has 0 bridgehead atoms. The van der Waals surface area contributed by atoms with Gasteiger partial charge in [0.25, 0.3) is 0 Å². The number of rotatable bonds is 4. The predicted octanol–water partition coefficient (Wildman–Crippen LogP) is 4.54. The molecule has 2 aromatic carbocycles. The average Bonchev–Trinajstić information content (AvgIpc) is 2.41. The first kappa shape index (κ1) is 12.9. The van der Waals surface area contributed by atoms with Crippen LogP contribution in [0.1, 0.15) is 24.9 Å². The summed E-state index contributed by atoms with van der Waals surface area (Å²) in [6.45, 7) is 2.07. The fourth-order valence-electron chi connectivity index (χ4n) is 1.67. The van der Waals surface area contributed by atoms with Crippen LogP contribution in [0.5, 0.6) is 11.5 Å². The number of benzene rings is 2. The maximum atomic E-state index is 6.03. The summed E-state index contributed by atoms with van der Waals surface area (Å²) in [5.41, 5.74) is 7.07. The zero-order chi connectivity index (χ0) is 13.0. The van der Waals surface area contributed by atoms with Crippen LogP contribution in [-0.4, -0.2) is 0 Å². The highest BCUT2D eigenvalue weighted by Crippen LogP contribution is 2.29. The topological polar surface area (TPSA) is 35.2 Å². The Balaban J connectivity index is 2.14. The van der Waals surface area contributed by atoms with Gasteiger partial charge in [-0.1, -0.05) is 42.8 Å². The molecule has 0 amide bonds. The first-order valence-electron chi connectivity index (χ1n) is 5.98. The minimum absolute atomic E-state index is 0.0827. The van der Waals surface area contributed by atoms with Gasteiger partial charge >= 0.3 is 0 Å². The number of hydrogen-bond donors (Lipinski definition) is 1. The Hall–Kier alpha value is -1.51. The van der Waals surface area contributed by atoms with Crippen molar-refractivity contribution in [2.45, 2.75) is 19.4 Å². The molecule has 2 rings (SSSR count). The maximum absolute atomic E-state index is 6.03. The van der Waals surface area contributed by atoms with Crippen molar-refractivity contribution in [2.24, 2.45) is 5.73 Å². The van der Waals surface area contributed by atoms with E-state index in [2.05, 4.69) is 6.92 Å². The van der Waals surface area contributed by atoms with Gasteiger partial charge in [0, 0.05) is 6.04 Å². The van der Waals surface area contributed by atoms with Crippen LogP contribution in [0.2, 0.25) is 5.02 Å². The lowest BCUT2D eigenvalue weighted by atomic mass is 10.1. The highest BCUT2D eigenvalue weighted by atomic mass is 35.5. The normalized spacial score (nSPS) is 12.2. The molecule has 2 nitrogen and oxygen atoms in total. The molecular weight excluding hydrogens is 246 g/mol. The van der Waals surface area contributed by atoms with Crippen LogP contribution in [-0.2, 0) is 0 Å². The smallest absolute Gasteiger partial charge is 0.146 e. The van der Waals surface area contributed by atoms with E-state index in [1.54, 1.807) is 6.07 Å². The number of hydrogen-bond acceptors (Lipinski definition) is 2. The first-order chi connectivity index (χ1) is 8.70. The monoisotopic (exact) mass is 261 g/mol. The number of ether oxygens (including phenoxy) is 1. The van der Waals surface area contributed by atoms with Crippen molar-refractivity contribution in [3.05, 3.63) is 59.1 Å². The van der Waals surface area contributed by atoms with Crippen LogP contribution in [0, 0.1) is 0 Å². The van der Waals surface area contributed by atoms with E-state index in [0.717, 1.165) is 17.7 Å². The van der Waals surface area contributed by atoms with Crippen LogP contribution < -0.4 is 10.5 Å². The van der Waals surface area contributed by atoms with E-state index in [4.69, 9.17) is 22.1 Å². The van der Waals surface area contributed by atoms with Crippen LogP contribution >= 0.6 is 11.6 Å². The van der Waals surface area contributed by atoms with Crippen LogP contribution in [0.3, 0.4) is 0 Å². The molecule has 1 atom stereocenters. The lowest BCUT2D eigenvalue weighted by Crippen LogP contribution is -2.07. The number of para-hydroxylation sites is 1. The molecule has 0 heterocycles. The van der Waals surface area contributed by atoms with Crippen molar-refractivity contribution in [3.8, 4) is 11.5 Å². The Morgan fingerprint density at radius 1 is 1.11 bits per heavy atom. The summed E-state index contributed by atoms with van der Waals surface area (Å²) in [5.74, 6) is 1.42. The van der Waals surface area contributed by atoms with E-state index >= 15 is 0 Å². The zero-order valence-corrected chi connectivity index (χ0v) is 11.0. The van der Waals surface area contributed by atoms with Gasteiger partial charge < -0.3 is 10.5 Å². The van der Waals surface area contributed by atoms with E-state index < -0.39 is 0 Å². The molecular formula is C15H16ClNO. The second-order valence-electron chi connectivity index (χ2n) is 4.12. The lowest BCUT2D eigenvalue weighted by molar-refractivity contribution is 0.482. The Labute approximate surface area is 112 Å². The van der Waals surface area contributed by atoms with Crippen LogP contribution in [0.4, 0.5) is 0 Å². The van der Waals surface area contributed by atoms with Gasteiger partial charge in [-0.2, -0.15) is 0 Å². The van der Waals surface area contributed by atoms with E-state index in [0.29, 0.717) is 10.8 Å².